The molecule has 2 aromatic rings. The molecule has 3 fully saturated rings. The van der Waals surface area contributed by atoms with E-state index in [1.807, 2.05) is 30.3 Å². The van der Waals surface area contributed by atoms with Crippen molar-refractivity contribution in [1.29, 1.82) is 0 Å². The maximum Gasteiger partial charge on any atom is 0.306 e. The van der Waals surface area contributed by atoms with Crippen LogP contribution in [0.1, 0.15) is 37.7 Å². The van der Waals surface area contributed by atoms with Crippen LogP contribution >= 0.6 is 0 Å². The van der Waals surface area contributed by atoms with Gasteiger partial charge in [-0.25, -0.2) is 8.42 Å². The summed E-state index contributed by atoms with van der Waals surface area (Å²) < 4.78 is 58.9. The predicted octanol–water partition coefficient (Wildman–Crippen LogP) is 3.31. The molecule has 11 nitrogen and oxygen atoms in total. The fraction of sp³-hybridized carbons (Fsp3) is 0.571. The second-order valence-electron chi connectivity index (χ2n) is 12.9. The fourth-order valence-corrected chi connectivity index (χ4v) is 8.61. The number of carbonyl (C=O) groups is 1. The Balaban J connectivity index is 1.24. The molecule has 0 spiro atoms. The number of allylic oxidation sites excluding steroid dienone is 1. The first kappa shape index (κ1) is 33.9. The molecule has 3 aliphatic heterocycles. The van der Waals surface area contributed by atoms with Crippen LogP contribution in [0.25, 0.3) is 0 Å². The minimum absolute atomic E-state index is 0.00389. The number of nitrogens with one attached hydrogen (secondary N) is 1. The van der Waals surface area contributed by atoms with Gasteiger partial charge in [-0.1, -0.05) is 42.5 Å². The number of rotatable bonds is 9. The van der Waals surface area contributed by atoms with Gasteiger partial charge in [-0.05, 0) is 55.7 Å². The zero-order valence-electron chi connectivity index (χ0n) is 26.9. The highest BCUT2D eigenvalue weighted by molar-refractivity contribution is 7.89. The van der Waals surface area contributed by atoms with E-state index >= 15 is 0 Å². The van der Waals surface area contributed by atoms with E-state index < -0.39 is 34.1 Å². The summed E-state index contributed by atoms with van der Waals surface area (Å²) in [6.07, 6.45) is 5.87. The number of esters is 1. The maximum absolute atomic E-state index is 14.4. The molecule has 4 aliphatic rings. The van der Waals surface area contributed by atoms with Gasteiger partial charge in [-0.2, -0.15) is 4.31 Å². The summed E-state index contributed by atoms with van der Waals surface area (Å²) in [6.45, 7) is 1.70. The van der Waals surface area contributed by atoms with Crippen molar-refractivity contribution in [2.75, 3.05) is 46.5 Å². The Bertz CT molecular complexity index is 1490. The van der Waals surface area contributed by atoms with Crippen molar-refractivity contribution >= 4 is 16.0 Å². The van der Waals surface area contributed by atoms with Crippen LogP contribution in [0.4, 0.5) is 0 Å². The highest BCUT2D eigenvalue weighted by atomic mass is 32.2. The lowest BCUT2D eigenvalue weighted by molar-refractivity contribution is -0.153. The Hall–Kier alpha value is -3.00. The Morgan fingerprint density at radius 1 is 1.13 bits per heavy atom. The normalized spacial score (nSPS) is 28.8. The summed E-state index contributed by atoms with van der Waals surface area (Å²) in [7, 11) is -2.62. The Labute approximate surface area is 277 Å². The van der Waals surface area contributed by atoms with Gasteiger partial charge in [0.2, 0.25) is 10.0 Å². The Morgan fingerprint density at radius 2 is 1.98 bits per heavy atom. The van der Waals surface area contributed by atoms with Gasteiger partial charge in [0.15, 0.2) is 6.29 Å². The number of carbonyl (C=O) groups excluding carboxylic acids is 1. The molecular formula is C35H46N2O9S. The van der Waals surface area contributed by atoms with Crippen LogP contribution in [0.3, 0.4) is 0 Å². The number of nitrogens with zero attached hydrogens (tertiary/aromatic N) is 1. The Morgan fingerprint density at radius 3 is 2.81 bits per heavy atom. The second-order valence-corrected chi connectivity index (χ2v) is 14.8. The molecule has 256 valence electrons. The molecule has 0 radical (unpaired) electrons. The summed E-state index contributed by atoms with van der Waals surface area (Å²) >= 11 is 0. The molecule has 7 atom stereocenters. The third-order valence-electron chi connectivity index (χ3n) is 9.67. The minimum Gasteiger partial charge on any atom is -0.497 e. The van der Waals surface area contributed by atoms with Crippen molar-refractivity contribution in [3.05, 3.63) is 66.2 Å². The SMILES string of the molecule is COc1ccc2c(c1)OC1CCC(C=CCNCCN(C[C@@H](O)[C@@H](CC(=O)O[C@H]3CO[C@H]4OCC[C@H]43)Cc3ccccc3)S2(=O)=O)C1. The second kappa shape index (κ2) is 15.5. The van der Waals surface area contributed by atoms with Gasteiger partial charge >= 0.3 is 5.97 Å². The zero-order chi connectivity index (χ0) is 32.8. The minimum atomic E-state index is -4.14. The van der Waals surface area contributed by atoms with E-state index in [0.717, 1.165) is 31.2 Å². The fourth-order valence-electron chi connectivity index (χ4n) is 7.05. The summed E-state index contributed by atoms with van der Waals surface area (Å²) in [4.78, 5) is 13.3. The van der Waals surface area contributed by atoms with Gasteiger partial charge in [0.05, 0.1) is 44.9 Å². The average Bonchev–Trinajstić information content (AvgIpc) is 3.81. The van der Waals surface area contributed by atoms with E-state index in [-0.39, 0.29) is 55.1 Å². The molecule has 0 amide bonds. The van der Waals surface area contributed by atoms with E-state index in [1.165, 1.54) is 17.5 Å². The molecule has 1 saturated carbocycles. The first-order valence-electron chi connectivity index (χ1n) is 16.7. The topological polar surface area (TPSA) is 133 Å². The number of fused-ring (bicyclic) bond motifs is 4. The highest BCUT2D eigenvalue weighted by Gasteiger charge is 2.44. The van der Waals surface area contributed by atoms with Crippen molar-refractivity contribution in [2.45, 2.75) is 68.0 Å². The number of β-amino-alcohol motifs (C(OH)–C–C–N with tert-alkyl or cyclic N) is 1. The quantitative estimate of drug-likeness (QED) is 0.303. The first-order chi connectivity index (χ1) is 22.8. The molecule has 6 rings (SSSR count). The summed E-state index contributed by atoms with van der Waals surface area (Å²) in [5.74, 6) is 0.0432. The Kier molecular flexibility index (Phi) is 11.2. The molecule has 2 bridgehead atoms. The number of sulfonamides is 1. The van der Waals surface area contributed by atoms with Crippen LogP contribution < -0.4 is 14.8 Å². The number of ether oxygens (including phenoxy) is 5. The predicted molar refractivity (Wildman–Crippen MR) is 173 cm³/mol. The van der Waals surface area contributed by atoms with Gasteiger partial charge in [-0.15, -0.1) is 0 Å². The molecule has 0 aromatic heterocycles. The molecule has 3 heterocycles. The zero-order valence-corrected chi connectivity index (χ0v) is 27.7. The van der Waals surface area contributed by atoms with Gasteiger partial charge < -0.3 is 34.1 Å². The number of benzene rings is 2. The summed E-state index contributed by atoms with van der Waals surface area (Å²) in [6, 6.07) is 14.3. The lowest BCUT2D eigenvalue weighted by atomic mass is 9.90. The van der Waals surface area contributed by atoms with Crippen molar-refractivity contribution < 1.29 is 42.0 Å². The largest absolute Gasteiger partial charge is 0.497 e. The van der Waals surface area contributed by atoms with E-state index in [9.17, 15) is 18.3 Å². The van der Waals surface area contributed by atoms with Crippen molar-refractivity contribution in [3.63, 3.8) is 0 Å². The maximum atomic E-state index is 14.4. The molecule has 2 N–H and O–H groups in total. The smallest absolute Gasteiger partial charge is 0.306 e. The molecule has 47 heavy (non-hydrogen) atoms. The summed E-state index contributed by atoms with van der Waals surface area (Å²) in [5, 5.41) is 15.1. The average molecular weight is 671 g/mol. The van der Waals surface area contributed by atoms with E-state index in [2.05, 4.69) is 17.5 Å². The van der Waals surface area contributed by atoms with Crippen LogP contribution in [0.5, 0.6) is 11.5 Å². The van der Waals surface area contributed by atoms with E-state index in [1.54, 1.807) is 12.1 Å². The van der Waals surface area contributed by atoms with Crippen LogP contribution in [0.15, 0.2) is 65.6 Å². The van der Waals surface area contributed by atoms with E-state index in [4.69, 9.17) is 23.7 Å². The number of methoxy groups -OCH3 is 1. The molecule has 2 unspecified atom stereocenters. The van der Waals surface area contributed by atoms with E-state index in [0.29, 0.717) is 37.8 Å². The van der Waals surface area contributed by atoms with Gasteiger partial charge in [-0.3, -0.25) is 4.79 Å². The van der Waals surface area contributed by atoms with Crippen molar-refractivity contribution in [1.82, 2.24) is 9.62 Å². The number of hydrogen-bond donors (Lipinski definition) is 2. The van der Waals surface area contributed by atoms with Crippen LogP contribution in [-0.2, 0) is 35.4 Å². The summed E-state index contributed by atoms with van der Waals surface area (Å²) in [5.41, 5.74) is 0.927. The van der Waals surface area contributed by atoms with Crippen LogP contribution in [0.2, 0.25) is 0 Å². The first-order valence-corrected chi connectivity index (χ1v) is 18.1. The third-order valence-corrected chi connectivity index (χ3v) is 11.6. The standard InChI is InChI=1S/C35H46N2O9S/c1-42-27-11-12-33-31(21-27)45-28-10-9-25(19-28)8-5-14-36-15-16-37(47(33,40)41)22-30(38)26(18-24-6-3-2-4-7-24)20-34(39)46-32-23-44-35-29(32)13-17-43-35/h2-8,11-12,21,25-26,28-30,32,35-36,38H,9-10,13-20,22-23H2,1H3/t25?,26-,28?,29+,30-,32+,35-/m1/s1. The lowest BCUT2D eigenvalue weighted by Crippen LogP contribution is -2.44. The van der Waals surface area contributed by atoms with Gasteiger partial charge in [0.25, 0.3) is 0 Å². The molecule has 2 saturated heterocycles. The third kappa shape index (κ3) is 8.36. The highest BCUT2D eigenvalue weighted by Crippen LogP contribution is 2.37. The van der Waals surface area contributed by atoms with Gasteiger partial charge in [0, 0.05) is 38.2 Å². The number of hydrogen-bond acceptors (Lipinski definition) is 10. The van der Waals surface area contributed by atoms with Crippen molar-refractivity contribution in [2.24, 2.45) is 17.8 Å². The number of aliphatic hydroxyl groups is 1. The van der Waals surface area contributed by atoms with Crippen LogP contribution in [0, 0.1) is 17.8 Å². The number of aliphatic hydroxyl groups excluding tert-OH is 1. The van der Waals surface area contributed by atoms with Gasteiger partial charge in [0.1, 0.15) is 22.5 Å². The van der Waals surface area contributed by atoms with Crippen LogP contribution in [-0.4, -0.2) is 94.9 Å². The molecule has 2 aromatic carbocycles. The lowest BCUT2D eigenvalue weighted by Gasteiger charge is -2.30. The molecule has 1 aliphatic carbocycles. The monoisotopic (exact) mass is 670 g/mol. The molecular weight excluding hydrogens is 624 g/mol. The van der Waals surface area contributed by atoms with Crippen molar-refractivity contribution in [3.8, 4) is 11.5 Å². The molecule has 12 heteroatoms.